The highest BCUT2D eigenvalue weighted by atomic mass is 16.2. The minimum Gasteiger partial charge on any atom is -0.340 e. The van der Waals surface area contributed by atoms with Gasteiger partial charge in [0.15, 0.2) is 0 Å². The molecule has 3 atom stereocenters. The predicted molar refractivity (Wildman–Crippen MR) is 88.4 cm³/mol. The lowest BCUT2D eigenvalue weighted by molar-refractivity contribution is -0.134. The summed E-state index contributed by atoms with van der Waals surface area (Å²) in [6.45, 7) is 5.51. The number of piperidine rings is 1. The fraction of sp³-hybridized carbons (Fsp3) is 0.647. The zero-order valence-corrected chi connectivity index (χ0v) is 14.5. The molecule has 0 aromatic carbocycles. The zero-order chi connectivity index (χ0) is 16.8. The fourth-order valence-electron chi connectivity index (χ4n) is 3.94. The Morgan fingerprint density at radius 1 is 1.33 bits per heavy atom. The third-order valence-electron chi connectivity index (χ3n) is 5.22. The molecule has 128 valence electrons. The van der Waals surface area contributed by atoms with Crippen LogP contribution >= 0.6 is 0 Å². The minimum absolute atomic E-state index is 0.131. The second-order valence-corrected chi connectivity index (χ2v) is 7.13. The lowest BCUT2D eigenvalue weighted by atomic mass is 10.0. The Balaban J connectivity index is 1.43. The number of aryl methyl sites for hydroxylation is 3. The van der Waals surface area contributed by atoms with Crippen molar-refractivity contribution in [3.8, 4) is 0 Å². The molecule has 0 bridgehead atoms. The van der Waals surface area contributed by atoms with Crippen LogP contribution in [-0.2, 0) is 11.8 Å². The summed E-state index contributed by atoms with van der Waals surface area (Å²) in [7, 11) is 1.92. The minimum atomic E-state index is 0.131. The molecule has 2 aliphatic rings. The molecule has 7 nitrogen and oxygen atoms in total. The Morgan fingerprint density at radius 2 is 2.17 bits per heavy atom. The number of aromatic nitrogens is 5. The molecule has 3 unspecified atom stereocenters. The van der Waals surface area contributed by atoms with Crippen LogP contribution < -0.4 is 0 Å². The molecule has 1 saturated heterocycles. The monoisotopic (exact) mass is 328 g/mol. The molecule has 2 fully saturated rings. The normalized spacial score (nSPS) is 26.6. The topological polar surface area (TPSA) is 68.8 Å². The van der Waals surface area contributed by atoms with Crippen molar-refractivity contribution < 1.29 is 4.79 Å². The molecule has 24 heavy (non-hydrogen) atoms. The average Bonchev–Trinajstić information content (AvgIpc) is 3.13. The van der Waals surface area contributed by atoms with Crippen LogP contribution in [0.1, 0.15) is 48.4 Å². The van der Waals surface area contributed by atoms with Gasteiger partial charge in [-0.1, -0.05) is 0 Å². The number of nitrogens with zero attached hydrogens (tertiary/aromatic N) is 6. The molecule has 0 radical (unpaired) electrons. The number of rotatable bonds is 3. The van der Waals surface area contributed by atoms with E-state index >= 15 is 0 Å². The van der Waals surface area contributed by atoms with Gasteiger partial charge < -0.3 is 4.90 Å². The van der Waals surface area contributed by atoms with E-state index in [-0.39, 0.29) is 12.0 Å². The van der Waals surface area contributed by atoms with Crippen LogP contribution in [0.4, 0.5) is 0 Å². The molecule has 1 aliphatic heterocycles. The Labute approximate surface area is 141 Å². The molecular weight excluding hydrogens is 304 g/mol. The summed E-state index contributed by atoms with van der Waals surface area (Å²) >= 11 is 0. The Morgan fingerprint density at radius 3 is 2.83 bits per heavy atom. The number of hydrogen-bond donors (Lipinski definition) is 0. The largest absolute Gasteiger partial charge is 0.340 e. The summed E-state index contributed by atoms with van der Waals surface area (Å²) < 4.78 is 3.81. The molecule has 2 aromatic rings. The first-order chi connectivity index (χ1) is 11.5. The highest BCUT2D eigenvalue weighted by Crippen LogP contribution is 2.48. The van der Waals surface area contributed by atoms with Gasteiger partial charge in [0.05, 0.1) is 12.2 Å². The maximum Gasteiger partial charge on any atom is 0.226 e. The molecule has 1 aliphatic carbocycles. The van der Waals surface area contributed by atoms with Crippen molar-refractivity contribution in [2.75, 3.05) is 13.1 Å². The maximum atomic E-state index is 12.9. The van der Waals surface area contributed by atoms with E-state index in [0.717, 1.165) is 44.0 Å². The van der Waals surface area contributed by atoms with Gasteiger partial charge in [0.2, 0.25) is 5.91 Å². The Bertz CT molecular complexity index is 763. The third kappa shape index (κ3) is 2.72. The number of amides is 1. The first kappa shape index (κ1) is 15.4. The smallest absolute Gasteiger partial charge is 0.226 e. The molecule has 0 N–H and O–H groups in total. The van der Waals surface area contributed by atoms with E-state index in [1.807, 2.05) is 47.6 Å². The first-order valence-corrected chi connectivity index (χ1v) is 8.70. The first-order valence-electron chi connectivity index (χ1n) is 8.70. The lowest BCUT2D eigenvalue weighted by Crippen LogP contribution is -2.42. The summed E-state index contributed by atoms with van der Waals surface area (Å²) in [6.07, 6.45) is 6.95. The van der Waals surface area contributed by atoms with E-state index in [2.05, 4.69) is 15.2 Å². The van der Waals surface area contributed by atoms with E-state index in [1.165, 1.54) is 5.56 Å². The van der Waals surface area contributed by atoms with E-state index in [9.17, 15) is 4.79 Å². The van der Waals surface area contributed by atoms with Gasteiger partial charge in [-0.25, -0.2) is 9.67 Å². The highest BCUT2D eigenvalue weighted by molar-refractivity contribution is 5.83. The number of likely N-dealkylation sites (tertiary alicyclic amines) is 1. The summed E-state index contributed by atoms with van der Waals surface area (Å²) in [5.74, 6) is 2.51. The van der Waals surface area contributed by atoms with Crippen LogP contribution in [0, 0.1) is 19.8 Å². The van der Waals surface area contributed by atoms with E-state index in [4.69, 9.17) is 0 Å². The molecule has 1 amide bonds. The van der Waals surface area contributed by atoms with Gasteiger partial charge in [-0.15, -0.1) is 0 Å². The van der Waals surface area contributed by atoms with Gasteiger partial charge >= 0.3 is 0 Å². The zero-order valence-electron chi connectivity index (χ0n) is 14.5. The van der Waals surface area contributed by atoms with Gasteiger partial charge in [0.25, 0.3) is 0 Å². The van der Waals surface area contributed by atoms with Gasteiger partial charge in [0, 0.05) is 32.3 Å². The van der Waals surface area contributed by atoms with Crippen LogP contribution in [0.15, 0.2) is 12.4 Å². The highest BCUT2D eigenvalue weighted by Gasteiger charge is 2.47. The van der Waals surface area contributed by atoms with E-state index in [1.54, 1.807) is 0 Å². The average molecular weight is 328 g/mol. The summed E-state index contributed by atoms with van der Waals surface area (Å²) in [4.78, 5) is 19.3. The summed E-state index contributed by atoms with van der Waals surface area (Å²) in [5, 5.41) is 8.73. The van der Waals surface area contributed by atoms with Gasteiger partial charge in [0.1, 0.15) is 11.6 Å². The van der Waals surface area contributed by atoms with Crippen molar-refractivity contribution in [1.29, 1.82) is 0 Å². The van der Waals surface area contributed by atoms with Gasteiger partial charge in [-0.2, -0.15) is 10.2 Å². The van der Waals surface area contributed by atoms with Crippen LogP contribution in [0.3, 0.4) is 0 Å². The van der Waals surface area contributed by atoms with Crippen molar-refractivity contribution in [2.45, 2.75) is 45.1 Å². The Kier molecular flexibility index (Phi) is 3.66. The predicted octanol–water partition coefficient (Wildman–Crippen LogP) is 1.60. The van der Waals surface area contributed by atoms with Crippen molar-refractivity contribution >= 4 is 5.91 Å². The quantitative estimate of drug-likeness (QED) is 0.858. The second kappa shape index (κ2) is 5.72. The van der Waals surface area contributed by atoms with Crippen molar-refractivity contribution in [3.05, 3.63) is 29.6 Å². The van der Waals surface area contributed by atoms with Crippen LogP contribution in [0.5, 0.6) is 0 Å². The van der Waals surface area contributed by atoms with Crippen molar-refractivity contribution in [1.82, 2.24) is 29.4 Å². The SMILES string of the molecule is Cc1nc(C)n(C2CCCN(C(=O)C3CC3c3cnn(C)c3)C2)n1. The lowest BCUT2D eigenvalue weighted by Gasteiger charge is -2.33. The van der Waals surface area contributed by atoms with E-state index < -0.39 is 0 Å². The second-order valence-electron chi connectivity index (χ2n) is 7.13. The summed E-state index contributed by atoms with van der Waals surface area (Å²) in [5.41, 5.74) is 1.19. The standard InChI is InChI=1S/C17H24N6O/c1-11-19-12(2)23(20-11)14-5-4-6-22(10-14)17(24)16-7-15(16)13-8-18-21(3)9-13/h8-9,14-16H,4-7,10H2,1-3H3. The van der Waals surface area contributed by atoms with Gasteiger partial charge in [-0.3, -0.25) is 9.48 Å². The molecule has 0 spiro atoms. The molecule has 1 saturated carbocycles. The van der Waals surface area contributed by atoms with Crippen LogP contribution in [-0.4, -0.2) is 48.4 Å². The Hall–Kier alpha value is -2.18. The van der Waals surface area contributed by atoms with Crippen LogP contribution in [0.2, 0.25) is 0 Å². The van der Waals surface area contributed by atoms with Crippen molar-refractivity contribution in [2.24, 2.45) is 13.0 Å². The maximum absolute atomic E-state index is 12.9. The van der Waals surface area contributed by atoms with Crippen molar-refractivity contribution in [3.63, 3.8) is 0 Å². The third-order valence-corrected chi connectivity index (χ3v) is 5.22. The van der Waals surface area contributed by atoms with Gasteiger partial charge in [-0.05, 0) is 44.6 Å². The fourth-order valence-corrected chi connectivity index (χ4v) is 3.94. The number of hydrogen-bond acceptors (Lipinski definition) is 4. The number of carbonyl (C=O) groups is 1. The molecule has 2 aromatic heterocycles. The van der Waals surface area contributed by atoms with Crippen LogP contribution in [0.25, 0.3) is 0 Å². The summed E-state index contributed by atoms with van der Waals surface area (Å²) in [6, 6.07) is 0.250. The molecule has 7 heteroatoms. The molecular formula is C17H24N6O. The molecule has 3 heterocycles. The van der Waals surface area contributed by atoms with E-state index in [0.29, 0.717) is 11.8 Å². The number of carbonyl (C=O) groups excluding carboxylic acids is 1. The molecule has 4 rings (SSSR count).